The molecule has 0 fully saturated rings. The normalized spacial score (nSPS) is 10.8. The highest BCUT2D eigenvalue weighted by atomic mass is 35.5. The van der Waals surface area contributed by atoms with Crippen molar-refractivity contribution in [1.82, 2.24) is 19.3 Å². The Bertz CT molecular complexity index is 969. The van der Waals surface area contributed by atoms with Gasteiger partial charge in [0.2, 0.25) is 0 Å². The molecule has 0 atom stereocenters. The van der Waals surface area contributed by atoms with E-state index in [1.54, 1.807) is 24.3 Å². The number of halogens is 2. The molecular formula is C15H11BClFN4O2. The van der Waals surface area contributed by atoms with Gasteiger partial charge in [-0.1, -0.05) is 23.7 Å². The summed E-state index contributed by atoms with van der Waals surface area (Å²) in [4.78, 5) is 15.8. The van der Waals surface area contributed by atoms with Gasteiger partial charge in [0.05, 0.1) is 24.0 Å². The molecule has 0 aliphatic rings. The van der Waals surface area contributed by atoms with E-state index < -0.39 is 5.82 Å². The average molecular weight is 345 g/mol. The first-order valence-corrected chi connectivity index (χ1v) is 7.22. The minimum absolute atomic E-state index is 0.0406. The Labute approximate surface area is 142 Å². The molecule has 0 N–H and O–H groups in total. The van der Waals surface area contributed by atoms with Crippen LogP contribution in [-0.4, -0.2) is 34.3 Å². The van der Waals surface area contributed by atoms with Crippen LogP contribution in [0.1, 0.15) is 0 Å². The van der Waals surface area contributed by atoms with Gasteiger partial charge in [0, 0.05) is 18.2 Å². The third-order valence-corrected chi connectivity index (χ3v) is 3.87. The van der Waals surface area contributed by atoms with Crippen LogP contribution in [0.25, 0.3) is 16.8 Å². The van der Waals surface area contributed by atoms with Crippen LogP contribution in [0.2, 0.25) is 5.02 Å². The van der Waals surface area contributed by atoms with E-state index in [4.69, 9.17) is 24.2 Å². The van der Waals surface area contributed by atoms with Crippen LogP contribution in [0.4, 0.5) is 4.39 Å². The quantitative estimate of drug-likeness (QED) is 0.671. The monoisotopic (exact) mass is 344 g/mol. The molecule has 0 saturated heterocycles. The van der Waals surface area contributed by atoms with Gasteiger partial charge in [-0.05, 0) is 17.7 Å². The van der Waals surface area contributed by atoms with E-state index in [0.29, 0.717) is 11.3 Å². The number of aryl methyl sites for hydroxylation is 1. The summed E-state index contributed by atoms with van der Waals surface area (Å²) in [5.41, 5.74) is 0.860. The lowest BCUT2D eigenvalue weighted by atomic mass is 9.97. The number of ether oxygens (including phenoxy) is 1. The molecule has 0 aliphatic carbocycles. The molecule has 2 heterocycles. The molecule has 3 aromatic rings. The molecule has 0 spiro atoms. The summed E-state index contributed by atoms with van der Waals surface area (Å²) in [6.07, 6.45) is 1.01. The molecule has 2 radical (unpaired) electrons. The van der Waals surface area contributed by atoms with Gasteiger partial charge in [0.1, 0.15) is 7.85 Å². The summed E-state index contributed by atoms with van der Waals surface area (Å²) in [5.74, 6) is -0.585. The third kappa shape index (κ3) is 2.58. The number of hydrogen-bond acceptors (Lipinski definition) is 4. The van der Waals surface area contributed by atoms with Gasteiger partial charge in [-0.25, -0.2) is 18.4 Å². The maximum Gasteiger partial charge on any atom is 0.353 e. The second kappa shape index (κ2) is 6.12. The first kappa shape index (κ1) is 16.3. The average Bonchev–Trinajstić information content (AvgIpc) is 2.87. The lowest BCUT2D eigenvalue weighted by molar-refractivity contribution is 0.368. The van der Waals surface area contributed by atoms with Crippen LogP contribution < -0.4 is 16.0 Å². The van der Waals surface area contributed by atoms with Crippen LogP contribution in [0.15, 0.2) is 35.3 Å². The number of hydrogen-bond donors (Lipinski definition) is 0. The Morgan fingerprint density at radius 2 is 1.96 bits per heavy atom. The van der Waals surface area contributed by atoms with Gasteiger partial charge >= 0.3 is 11.7 Å². The molecule has 6 nitrogen and oxygen atoms in total. The van der Waals surface area contributed by atoms with Crippen molar-refractivity contribution in [3.8, 4) is 22.8 Å². The van der Waals surface area contributed by atoms with Crippen molar-refractivity contribution in [2.75, 3.05) is 7.11 Å². The Kier molecular flexibility index (Phi) is 4.15. The molecular weight excluding hydrogens is 333 g/mol. The summed E-state index contributed by atoms with van der Waals surface area (Å²) >= 11 is 6.05. The molecule has 0 amide bonds. The number of rotatable bonds is 3. The SMILES string of the molecule is [B]c1ncc(F)c(-c2ccc(-n3c(OC)nn(C)c3=O)cc2)c1Cl. The third-order valence-electron chi connectivity index (χ3n) is 3.49. The Morgan fingerprint density at radius 1 is 1.29 bits per heavy atom. The number of aromatic nitrogens is 4. The van der Waals surface area contributed by atoms with Crippen molar-refractivity contribution in [3.05, 3.63) is 51.8 Å². The second-order valence-corrected chi connectivity index (χ2v) is 5.33. The molecule has 0 saturated carbocycles. The van der Waals surface area contributed by atoms with Crippen LogP contribution in [0, 0.1) is 5.82 Å². The molecule has 0 unspecified atom stereocenters. The molecule has 3 rings (SSSR count). The van der Waals surface area contributed by atoms with E-state index in [2.05, 4.69) is 10.1 Å². The zero-order valence-electron chi connectivity index (χ0n) is 12.8. The van der Waals surface area contributed by atoms with E-state index in [1.165, 1.54) is 18.7 Å². The summed E-state index contributed by atoms with van der Waals surface area (Å²) in [6.45, 7) is 0. The van der Waals surface area contributed by atoms with E-state index in [0.717, 1.165) is 10.9 Å². The van der Waals surface area contributed by atoms with Crippen molar-refractivity contribution in [3.63, 3.8) is 0 Å². The van der Waals surface area contributed by atoms with E-state index in [1.807, 2.05) is 0 Å². The largest absolute Gasteiger partial charge is 0.467 e. The van der Waals surface area contributed by atoms with Crippen molar-refractivity contribution in [1.29, 1.82) is 0 Å². The number of benzene rings is 1. The lowest BCUT2D eigenvalue weighted by Crippen LogP contribution is -2.21. The smallest absolute Gasteiger partial charge is 0.353 e. The van der Waals surface area contributed by atoms with Gasteiger partial charge in [0.15, 0.2) is 5.82 Å². The molecule has 9 heteroatoms. The molecule has 120 valence electrons. The van der Waals surface area contributed by atoms with Crippen LogP contribution in [0.3, 0.4) is 0 Å². The maximum atomic E-state index is 14.0. The molecule has 2 aromatic heterocycles. The van der Waals surface area contributed by atoms with Crippen molar-refractivity contribution in [2.24, 2.45) is 7.05 Å². The maximum absolute atomic E-state index is 14.0. The summed E-state index contributed by atoms with van der Waals surface area (Å²) in [6, 6.07) is 6.66. The second-order valence-electron chi connectivity index (χ2n) is 4.96. The lowest BCUT2D eigenvalue weighted by Gasteiger charge is -2.10. The highest BCUT2D eigenvalue weighted by molar-refractivity contribution is 6.45. The van der Waals surface area contributed by atoms with Gasteiger partial charge in [-0.15, -0.1) is 5.10 Å². The van der Waals surface area contributed by atoms with Crippen LogP contribution >= 0.6 is 11.6 Å². The fraction of sp³-hybridized carbons (Fsp3) is 0.133. The summed E-state index contributed by atoms with van der Waals surface area (Å²) in [5, 5.41) is 4.01. The molecule has 24 heavy (non-hydrogen) atoms. The Balaban J connectivity index is 2.11. The fourth-order valence-electron chi connectivity index (χ4n) is 2.32. The zero-order chi connectivity index (χ0) is 17.4. The summed E-state index contributed by atoms with van der Waals surface area (Å²) in [7, 11) is 8.56. The highest BCUT2D eigenvalue weighted by Crippen LogP contribution is 2.29. The van der Waals surface area contributed by atoms with Crippen molar-refractivity contribution in [2.45, 2.75) is 0 Å². The molecule has 0 aliphatic heterocycles. The fourth-order valence-corrected chi connectivity index (χ4v) is 2.57. The minimum atomic E-state index is -0.585. The molecule has 1 aromatic carbocycles. The van der Waals surface area contributed by atoms with E-state index in [-0.39, 0.29) is 27.9 Å². The summed E-state index contributed by atoms with van der Waals surface area (Å²) < 4.78 is 21.6. The Hall–Kier alpha value is -2.61. The number of nitrogens with zero attached hydrogens (tertiary/aromatic N) is 4. The number of pyridine rings is 1. The highest BCUT2D eigenvalue weighted by Gasteiger charge is 2.16. The van der Waals surface area contributed by atoms with Gasteiger partial charge in [0.25, 0.3) is 0 Å². The molecule has 0 bridgehead atoms. The first-order valence-electron chi connectivity index (χ1n) is 6.84. The standard InChI is InChI=1S/C15H11BClFN4O2/c1-21-15(23)22(14(20-21)24-2)9-5-3-8(4-6-9)11-10(18)7-19-13(16)12(11)17/h3-7H,1-2H3. The minimum Gasteiger partial charge on any atom is -0.467 e. The van der Waals surface area contributed by atoms with Crippen molar-refractivity contribution >= 4 is 25.0 Å². The van der Waals surface area contributed by atoms with Gasteiger partial charge in [-0.2, -0.15) is 0 Å². The predicted octanol–water partition coefficient (Wildman–Crippen LogP) is 1.23. The van der Waals surface area contributed by atoms with Crippen molar-refractivity contribution < 1.29 is 9.13 Å². The zero-order valence-corrected chi connectivity index (χ0v) is 13.6. The number of methoxy groups -OCH3 is 1. The first-order chi connectivity index (χ1) is 11.4. The van der Waals surface area contributed by atoms with Gasteiger partial charge < -0.3 is 4.74 Å². The Morgan fingerprint density at radius 3 is 2.58 bits per heavy atom. The van der Waals surface area contributed by atoms with Crippen LogP contribution in [0.5, 0.6) is 6.01 Å². The predicted molar refractivity (Wildman–Crippen MR) is 88.9 cm³/mol. The topological polar surface area (TPSA) is 61.9 Å². The van der Waals surface area contributed by atoms with E-state index in [9.17, 15) is 9.18 Å². The van der Waals surface area contributed by atoms with Crippen LogP contribution in [-0.2, 0) is 7.05 Å². The van der Waals surface area contributed by atoms with Gasteiger partial charge in [-0.3, -0.25) is 4.98 Å². The van der Waals surface area contributed by atoms with E-state index >= 15 is 0 Å².